The van der Waals surface area contributed by atoms with Gasteiger partial charge in [-0.25, -0.2) is 13.4 Å². The van der Waals surface area contributed by atoms with Crippen molar-refractivity contribution in [2.75, 3.05) is 19.6 Å². The second kappa shape index (κ2) is 7.91. The first-order valence-corrected chi connectivity index (χ1v) is 10.6. The van der Waals surface area contributed by atoms with E-state index in [2.05, 4.69) is 15.4 Å². The van der Waals surface area contributed by atoms with Gasteiger partial charge in [0, 0.05) is 50.7 Å². The van der Waals surface area contributed by atoms with Crippen LogP contribution in [0.4, 0.5) is 0 Å². The SMILES string of the molecule is Cc1nn(C)c2ncc(S(=O)(=O)N3CCCCC3CNC(=O)CCN)cc12. The first kappa shape index (κ1) is 19.7. The first-order chi connectivity index (χ1) is 12.8. The number of nitrogens with two attached hydrogens (primary N) is 1. The Morgan fingerprint density at radius 1 is 1.41 bits per heavy atom. The van der Waals surface area contributed by atoms with Gasteiger partial charge >= 0.3 is 0 Å². The van der Waals surface area contributed by atoms with Crippen molar-refractivity contribution in [1.29, 1.82) is 0 Å². The van der Waals surface area contributed by atoms with Crippen LogP contribution in [0.5, 0.6) is 0 Å². The van der Waals surface area contributed by atoms with E-state index in [0.29, 0.717) is 25.2 Å². The van der Waals surface area contributed by atoms with Gasteiger partial charge in [-0.05, 0) is 25.8 Å². The molecule has 3 heterocycles. The summed E-state index contributed by atoms with van der Waals surface area (Å²) in [6.45, 7) is 2.83. The van der Waals surface area contributed by atoms with Crippen LogP contribution in [0, 0.1) is 6.92 Å². The van der Waals surface area contributed by atoms with Crippen molar-refractivity contribution in [2.24, 2.45) is 12.8 Å². The van der Waals surface area contributed by atoms with Crippen LogP contribution in [0.2, 0.25) is 0 Å². The normalized spacial score (nSPS) is 18.7. The quantitative estimate of drug-likeness (QED) is 0.726. The van der Waals surface area contributed by atoms with E-state index in [1.165, 1.54) is 10.5 Å². The van der Waals surface area contributed by atoms with E-state index in [-0.39, 0.29) is 29.8 Å². The van der Waals surface area contributed by atoms with Crippen molar-refractivity contribution in [3.8, 4) is 0 Å². The van der Waals surface area contributed by atoms with E-state index in [9.17, 15) is 13.2 Å². The fourth-order valence-electron chi connectivity index (χ4n) is 3.51. The lowest BCUT2D eigenvalue weighted by atomic mass is 10.1. The van der Waals surface area contributed by atoms with Crippen LogP contribution in [-0.2, 0) is 21.9 Å². The van der Waals surface area contributed by atoms with Gasteiger partial charge in [-0.15, -0.1) is 0 Å². The predicted octanol–water partition coefficient (Wildman–Crippen LogP) is 0.285. The van der Waals surface area contributed by atoms with E-state index in [0.717, 1.165) is 23.9 Å². The summed E-state index contributed by atoms with van der Waals surface area (Å²) in [4.78, 5) is 16.2. The molecule has 2 aromatic rings. The van der Waals surface area contributed by atoms with Crippen molar-refractivity contribution in [2.45, 2.75) is 43.5 Å². The molecule has 2 aromatic heterocycles. The second-order valence-electron chi connectivity index (χ2n) is 6.86. The van der Waals surface area contributed by atoms with Crippen LogP contribution in [0.1, 0.15) is 31.4 Å². The highest BCUT2D eigenvalue weighted by molar-refractivity contribution is 7.89. The van der Waals surface area contributed by atoms with Crippen molar-refractivity contribution < 1.29 is 13.2 Å². The Morgan fingerprint density at radius 3 is 2.93 bits per heavy atom. The van der Waals surface area contributed by atoms with Gasteiger partial charge in [0.2, 0.25) is 15.9 Å². The summed E-state index contributed by atoms with van der Waals surface area (Å²) in [5, 5.41) is 7.82. The number of rotatable bonds is 6. The molecule has 1 aliphatic rings. The molecule has 0 saturated carbocycles. The van der Waals surface area contributed by atoms with Gasteiger partial charge in [0.25, 0.3) is 0 Å². The molecule has 10 heteroatoms. The maximum absolute atomic E-state index is 13.3. The van der Waals surface area contributed by atoms with Crippen molar-refractivity contribution >= 4 is 27.0 Å². The minimum Gasteiger partial charge on any atom is -0.354 e. The Labute approximate surface area is 159 Å². The van der Waals surface area contributed by atoms with Gasteiger partial charge in [0.15, 0.2) is 5.65 Å². The standard InChI is InChI=1S/C17H26N6O3S/c1-12-15-9-14(11-20-17(15)22(2)21-12)27(25,26)23-8-4-3-5-13(23)10-19-16(24)6-7-18/h9,11,13H,3-8,10,18H2,1-2H3,(H,19,24). The van der Waals surface area contributed by atoms with Gasteiger partial charge in [-0.1, -0.05) is 6.42 Å². The molecule has 1 fully saturated rings. The minimum atomic E-state index is -3.71. The topological polar surface area (TPSA) is 123 Å². The number of hydrogen-bond acceptors (Lipinski definition) is 6. The largest absolute Gasteiger partial charge is 0.354 e. The van der Waals surface area contributed by atoms with Gasteiger partial charge in [0.05, 0.1) is 5.69 Å². The molecular weight excluding hydrogens is 368 g/mol. The van der Waals surface area contributed by atoms with Gasteiger partial charge in [-0.3, -0.25) is 9.48 Å². The third kappa shape index (κ3) is 3.97. The number of hydrogen-bond donors (Lipinski definition) is 2. The summed E-state index contributed by atoms with van der Waals surface area (Å²) in [6.07, 6.45) is 4.07. The van der Waals surface area contributed by atoms with E-state index >= 15 is 0 Å². The van der Waals surface area contributed by atoms with Crippen LogP contribution in [0.3, 0.4) is 0 Å². The Hall–Kier alpha value is -2.04. The van der Waals surface area contributed by atoms with Crippen LogP contribution < -0.4 is 11.1 Å². The third-order valence-electron chi connectivity index (χ3n) is 4.92. The lowest BCUT2D eigenvalue weighted by Gasteiger charge is -2.34. The molecule has 0 spiro atoms. The van der Waals surface area contributed by atoms with Crippen LogP contribution >= 0.6 is 0 Å². The highest BCUT2D eigenvalue weighted by Gasteiger charge is 2.34. The summed E-state index contributed by atoms with van der Waals surface area (Å²) in [6, 6.07) is 1.37. The smallest absolute Gasteiger partial charge is 0.244 e. The molecule has 0 aliphatic carbocycles. The fraction of sp³-hybridized carbons (Fsp3) is 0.588. The molecule has 1 saturated heterocycles. The Morgan fingerprint density at radius 2 is 2.19 bits per heavy atom. The van der Waals surface area contributed by atoms with E-state index in [1.807, 2.05) is 6.92 Å². The number of piperidine rings is 1. The summed E-state index contributed by atoms with van der Waals surface area (Å²) < 4.78 is 29.6. The van der Waals surface area contributed by atoms with Crippen molar-refractivity contribution in [3.63, 3.8) is 0 Å². The Kier molecular flexibility index (Phi) is 5.78. The number of aryl methyl sites for hydroxylation is 2. The molecule has 0 radical (unpaired) electrons. The minimum absolute atomic E-state index is 0.158. The van der Waals surface area contributed by atoms with Gasteiger partial charge < -0.3 is 11.1 Å². The number of amides is 1. The van der Waals surface area contributed by atoms with Crippen molar-refractivity contribution in [1.82, 2.24) is 24.4 Å². The number of aromatic nitrogens is 3. The Balaban J connectivity index is 1.87. The highest BCUT2D eigenvalue weighted by Crippen LogP contribution is 2.27. The predicted molar refractivity (Wildman–Crippen MR) is 101 cm³/mol. The second-order valence-corrected chi connectivity index (χ2v) is 8.75. The maximum Gasteiger partial charge on any atom is 0.244 e. The zero-order valence-electron chi connectivity index (χ0n) is 15.7. The molecule has 3 N–H and O–H groups in total. The number of fused-ring (bicyclic) bond motifs is 1. The highest BCUT2D eigenvalue weighted by atomic mass is 32.2. The summed E-state index contributed by atoms with van der Waals surface area (Å²) in [5.41, 5.74) is 6.78. The number of carbonyl (C=O) groups excluding carboxylic acids is 1. The van der Waals surface area contributed by atoms with Crippen LogP contribution in [0.25, 0.3) is 11.0 Å². The number of carbonyl (C=O) groups is 1. The zero-order valence-corrected chi connectivity index (χ0v) is 16.5. The van der Waals surface area contributed by atoms with Gasteiger partial charge in [-0.2, -0.15) is 9.40 Å². The zero-order chi connectivity index (χ0) is 19.6. The molecule has 0 bridgehead atoms. The molecule has 1 atom stereocenters. The fourth-order valence-corrected chi connectivity index (χ4v) is 5.18. The number of nitrogens with one attached hydrogen (secondary N) is 1. The lowest BCUT2D eigenvalue weighted by molar-refractivity contribution is -0.121. The molecular formula is C17H26N6O3S. The molecule has 0 aromatic carbocycles. The Bertz CT molecular complexity index is 940. The summed E-state index contributed by atoms with van der Waals surface area (Å²) in [5.74, 6) is -0.158. The van der Waals surface area contributed by atoms with Crippen LogP contribution in [0.15, 0.2) is 17.2 Å². The third-order valence-corrected chi connectivity index (χ3v) is 6.84. The number of pyridine rings is 1. The molecule has 3 rings (SSSR count). The number of nitrogens with zero attached hydrogens (tertiary/aromatic N) is 4. The molecule has 1 amide bonds. The number of sulfonamides is 1. The molecule has 1 unspecified atom stereocenters. The van der Waals surface area contributed by atoms with Crippen molar-refractivity contribution in [3.05, 3.63) is 18.0 Å². The summed E-state index contributed by atoms with van der Waals surface area (Å²) >= 11 is 0. The van der Waals surface area contributed by atoms with E-state index in [1.54, 1.807) is 17.8 Å². The van der Waals surface area contributed by atoms with E-state index < -0.39 is 10.0 Å². The average molecular weight is 395 g/mol. The molecule has 27 heavy (non-hydrogen) atoms. The van der Waals surface area contributed by atoms with Gasteiger partial charge in [0.1, 0.15) is 4.90 Å². The molecule has 148 valence electrons. The lowest BCUT2D eigenvalue weighted by Crippen LogP contribution is -2.49. The molecule has 1 aliphatic heterocycles. The first-order valence-electron chi connectivity index (χ1n) is 9.12. The monoisotopic (exact) mass is 394 g/mol. The summed E-state index contributed by atoms with van der Waals surface area (Å²) in [7, 11) is -1.93. The van der Waals surface area contributed by atoms with E-state index in [4.69, 9.17) is 5.73 Å². The van der Waals surface area contributed by atoms with Crippen LogP contribution in [-0.4, -0.2) is 59.1 Å². The maximum atomic E-state index is 13.3. The molecule has 9 nitrogen and oxygen atoms in total. The average Bonchev–Trinajstić information content (AvgIpc) is 2.94.